The van der Waals surface area contributed by atoms with Crippen LogP contribution in [0.25, 0.3) is 0 Å². The highest BCUT2D eigenvalue weighted by atomic mass is 16.7. The summed E-state index contributed by atoms with van der Waals surface area (Å²) in [5, 5.41) is 29.5. The van der Waals surface area contributed by atoms with Crippen LogP contribution in [0.5, 0.6) is 0 Å². The van der Waals surface area contributed by atoms with Crippen LogP contribution in [0, 0.1) is 0 Å². The summed E-state index contributed by atoms with van der Waals surface area (Å²) in [4.78, 5) is 26.4. The molecule has 35 heavy (non-hydrogen) atoms. The van der Waals surface area contributed by atoms with Gasteiger partial charge >= 0.3 is 5.69 Å². The molecule has 12 heteroatoms. The van der Waals surface area contributed by atoms with Gasteiger partial charge in [0, 0.05) is 18.7 Å². The lowest BCUT2D eigenvalue weighted by molar-refractivity contribution is -0.265. The largest absolute Gasteiger partial charge is 0.394 e. The van der Waals surface area contributed by atoms with E-state index in [2.05, 4.69) is 4.98 Å². The van der Waals surface area contributed by atoms with Crippen molar-refractivity contribution in [3.8, 4) is 0 Å². The van der Waals surface area contributed by atoms with Gasteiger partial charge in [0.15, 0.2) is 12.5 Å². The first-order valence-corrected chi connectivity index (χ1v) is 11.7. The Hall–Kier alpha value is -1.64. The molecule has 0 spiro atoms. The van der Waals surface area contributed by atoms with E-state index in [0.29, 0.717) is 0 Å². The number of rotatable bonds is 7. The number of ether oxygens (including phenoxy) is 5. The van der Waals surface area contributed by atoms with E-state index < -0.39 is 78.2 Å². The number of hydrogen-bond donors (Lipinski definition) is 4. The van der Waals surface area contributed by atoms with Crippen molar-refractivity contribution in [1.82, 2.24) is 9.55 Å². The van der Waals surface area contributed by atoms with Gasteiger partial charge in [0.05, 0.1) is 30.5 Å². The second-order valence-corrected chi connectivity index (χ2v) is 10.9. The molecule has 8 atom stereocenters. The van der Waals surface area contributed by atoms with Crippen LogP contribution < -0.4 is 11.2 Å². The van der Waals surface area contributed by atoms with Gasteiger partial charge in [-0.3, -0.25) is 14.3 Å². The highest BCUT2D eigenvalue weighted by Gasteiger charge is 2.51. The van der Waals surface area contributed by atoms with Gasteiger partial charge in [0.2, 0.25) is 0 Å². The maximum absolute atomic E-state index is 12.6. The van der Waals surface area contributed by atoms with E-state index in [0.717, 1.165) is 0 Å². The zero-order chi connectivity index (χ0) is 26.1. The SMILES string of the molecule is CC(C)(C)O[C@@H]1[C@H](OC(C)(C)C)[C@@H](CO[C@@H]2C[C@@H](O)[C@H](O)[C@@H](CO)O2)O[C@H]1n1ccc(=O)[nH]c1=O. The van der Waals surface area contributed by atoms with Crippen LogP contribution in [0.4, 0.5) is 0 Å². The standard InChI is InChI=1S/C23H38N2O10/c1-22(2,3)34-18-14(11-31-16-9-12(27)17(29)13(10-26)32-16)33-20(19(18)35-23(4,5)6)25-8-7-15(28)24-21(25)30/h7-8,12-14,16-20,26-27,29H,9-11H2,1-6H3,(H,24,28,30)/t12-,13-,14-,16+,17+,18-,19-,20-/m1/s1. The molecule has 1 aromatic rings. The maximum atomic E-state index is 12.6. The molecule has 200 valence electrons. The molecule has 12 nitrogen and oxygen atoms in total. The number of aliphatic hydroxyl groups excluding tert-OH is 3. The normalized spacial score (nSPS) is 34.3. The van der Waals surface area contributed by atoms with Gasteiger partial charge in [-0.05, 0) is 41.5 Å². The smallest absolute Gasteiger partial charge is 0.330 e. The zero-order valence-corrected chi connectivity index (χ0v) is 21.0. The van der Waals surface area contributed by atoms with Crippen molar-refractivity contribution in [3.63, 3.8) is 0 Å². The van der Waals surface area contributed by atoms with Gasteiger partial charge in [-0.15, -0.1) is 0 Å². The molecule has 2 aliphatic rings. The fourth-order valence-corrected chi connectivity index (χ4v) is 4.15. The van der Waals surface area contributed by atoms with Gasteiger partial charge in [-0.2, -0.15) is 0 Å². The number of aromatic amines is 1. The number of hydrogen-bond acceptors (Lipinski definition) is 10. The molecule has 3 heterocycles. The molecule has 0 saturated carbocycles. The van der Waals surface area contributed by atoms with Crippen molar-refractivity contribution in [1.29, 1.82) is 0 Å². The van der Waals surface area contributed by atoms with Gasteiger partial charge in [0.1, 0.15) is 30.5 Å². The Labute approximate surface area is 203 Å². The average molecular weight is 503 g/mol. The van der Waals surface area contributed by atoms with Crippen LogP contribution in [0.15, 0.2) is 21.9 Å². The van der Waals surface area contributed by atoms with Crippen molar-refractivity contribution < 1.29 is 39.0 Å². The Kier molecular flexibility index (Phi) is 8.60. The Balaban J connectivity index is 1.88. The number of nitrogens with zero attached hydrogens (tertiary/aromatic N) is 1. The maximum Gasteiger partial charge on any atom is 0.330 e. The van der Waals surface area contributed by atoms with E-state index in [9.17, 15) is 24.9 Å². The van der Waals surface area contributed by atoms with Crippen LogP contribution in [-0.4, -0.2) is 92.2 Å². The van der Waals surface area contributed by atoms with Crippen molar-refractivity contribution in [3.05, 3.63) is 33.1 Å². The van der Waals surface area contributed by atoms with Crippen LogP contribution in [0.2, 0.25) is 0 Å². The van der Waals surface area contributed by atoms with Gasteiger partial charge in [-0.25, -0.2) is 4.79 Å². The molecular weight excluding hydrogens is 464 g/mol. The molecular formula is C23H38N2O10. The summed E-state index contributed by atoms with van der Waals surface area (Å²) < 4.78 is 31.5. The third-order valence-electron chi connectivity index (χ3n) is 5.55. The minimum Gasteiger partial charge on any atom is -0.394 e. The molecule has 0 amide bonds. The van der Waals surface area contributed by atoms with Crippen LogP contribution in [-0.2, 0) is 23.7 Å². The second kappa shape index (κ2) is 10.8. The van der Waals surface area contributed by atoms with E-state index in [1.807, 2.05) is 41.5 Å². The van der Waals surface area contributed by atoms with E-state index in [1.165, 1.54) is 16.8 Å². The minimum atomic E-state index is -1.22. The van der Waals surface area contributed by atoms with Crippen molar-refractivity contribution >= 4 is 0 Å². The van der Waals surface area contributed by atoms with Crippen LogP contribution >= 0.6 is 0 Å². The molecule has 2 saturated heterocycles. The van der Waals surface area contributed by atoms with Gasteiger partial charge in [-0.1, -0.05) is 0 Å². The lowest BCUT2D eigenvalue weighted by atomic mass is 10.0. The summed E-state index contributed by atoms with van der Waals surface area (Å²) in [7, 11) is 0. The average Bonchev–Trinajstić information content (AvgIpc) is 3.02. The molecule has 0 aromatic carbocycles. The molecule has 0 bridgehead atoms. The zero-order valence-electron chi connectivity index (χ0n) is 21.0. The number of nitrogens with one attached hydrogen (secondary N) is 1. The molecule has 2 fully saturated rings. The van der Waals surface area contributed by atoms with Crippen molar-refractivity contribution in [2.75, 3.05) is 13.2 Å². The first-order valence-electron chi connectivity index (χ1n) is 11.7. The second-order valence-electron chi connectivity index (χ2n) is 10.9. The summed E-state index contributed by atoms with van der Waals surface area (Å²) in [6, 6.07) is 1.22. The fraction of sp³-hybridized carbons (Fsp3) is 0.826. The fourth-order valence-electron chi connectivity index (χ4n) is 4.15. The Bertz CT molecular complexity index is 949. The highest BCUT2D eigenvalue weighted by molar-refractivity contribution is 4.97. The summed E-state index contributed by atoms with van der Waals surface area (Å²) >= 11 is 0. The molecule has 1 aromatic heterocycles. The first kappa shape index (κ1) is 27.9. The molecule has 0 unspecified atom stereocenters. The topological polar surface area (TPSA) is 162 Å². The molecule has 2 aliphatic heterocycles. The lowest BCUT2D eigenvalue weighted by Gasteiger charge is -2.37. The number of H-pyrrole nitrogens is 1. The first-order chi connectivity index (χ1) is 16.2. The number of aromatic nitrogens is 2. The van der Waals surface area contributed by atoms with Gasteiger partial charge < -0.3 is 39.0 Å². The molecule has 0 aliphatic carbocycles. The van der Waals surface area contributed by atoms with E-state index in [4.69, 9.17) is 23.7 Å². The summed E-state index contributed by atoms with van der Waals surface area (Å²) in [5.74, 6) is 0. The Morgan fingerprint density at radius 1 is 1.03 bits per heavy atom. The summed E-state index contributed by atoms with van der Waals surface area (Å²) in [6.07, 6.45) is -5.95. The third kappa shape index (κ3) is 7.20. The Morgan fingerprint density at radius 2 is 1.66 bits per heavy atom. The molecule has 4 N–H and O–H groups in total. The summed E-state index contributed by atoms with van der Waals surface area (Å²) in [6.45, 7) is 10.7. The minimum absolute atomic E-state index is 0.0000894. The van der Waals surface area contributed by atoms with Crippen LogP contribution in [0.1, 0.15) is 54.2 Å². The van der Waals surface area contributed by atoms with Crippen LogP contribution in [0.3, 0.4) is 0 Å². The lowest BCUT2D eigenvalue weighted by Crippen LogP contribution is -2.51. The van der Waals surface area contributed by atoms with Gasteiger partial charge in [0.25, 0.3) is 5.56 Å². The predicted octanol–water partition coefficient (Wildman–Crippen LogP) is -0.353. The van der Waals surface area contributed by atoms with Crippen molar-refractivity contribution in [2.45, 2.75) is 108 Å². The quantitative estimate of drug-likeness (QED) is 0.388. The van der Waals surface area contributed by atoms with E-state index in [-0.39, 0.29) is 13.0 Å². The highest BCUT2D eigenvalue weighted by Crippen LogP contribution is 2.37. The van der Waals surface area contributed by atoms with E-state index >= 15 is 0 Å². The predicted molar refractivity (Wildman–Crippen MR) is 123 cm³/mol. The van der Waals surface area contributed by atoms with E-state index in [1.54, 1.807) is 0 Å². The molecule has 3 rings (SSSR count). The molecule has 0 radical (unpaired) electrons. The third-order valence-corrected chi connectivity index (χ3v) is 5.55. The van der Waals surface area contributed by atoms with Crippen molar-refractivity contribution in [2.24, 2.45) is 0 Å². The summed E-state index contributed by atoms with van der Waals surface area (Å²) in [5.41, 5.74) is -2.40. The monoisotopic (exact) mass is 502 g/mol. The number of aliphatic hydroxyl groups is 3. The Morgan fingerprint density at radius 3 is 2.23 bits per heavy atom.